The number of hydrogen-bond donors (Lipinski definition) is 1. The molecule has 0 spiro atoms. The smallest absolute Gasteiger partial charge is 0.0705 e. The van der Waals surface area contributed by atoms with Gasteiger partial charge in [-0.2, -0.15) is 0 Å². The Hall–Kier alpha value is -0.940. The van der Waals surface area contributed by atoms with Crippen molar-refractivity contribution in [2.24, 2.45) is 0 Å². The first kappa shape index (κ1) is 21.1. The van der Waals surface area contributed by atoms with E-state index in [9.17, 15) is 0 Å². The standard InChI is InChI=1S/C20H35NO3/c1-19(2,23-15-12-20(3,4)24-16-14-22)11-13-21(5)17-18-9-7-6-8-10-18/h6-10,22H,11-17H2,1-5H3. The van der Waals surface area contributed by atoms with Gasteiger partial charge in [0.25, 0.3) is 0 Å². The summed E-state index contributed by atoms with van der Waals surface area (Å²) < 4.78 is 11.7. The highest BCUT2D eigenvalue weighted by atomic mass is 16.5. The van der Waals surface area contributed by atoms with Gasteiger partial charge in [-0.15, -0.1) is 0 Å². The Morgan fingerprint density at radius 1 is 0.917 bits per heavy atom. The molecule has 0 heterocycles. The molecule has 0 fully saturated rings. The van der Waals surface area contributed by atoms with E-state index in [1.54, 1.807) is 0 Å². The fraction of sp³-hybridized carbons (Fsp3) is 0.700. The van der Waals surface area contributed by atoms with Gasteiger partial charge in [-0.3, -0.25) is 0 Å². The molecule has 0 amide bonds. The third-order valence-electron chi connectivity index (χ3n) is 4.17. The molecular formula is C20H35NO3. The van der Waals surface area contributed by atoms with Crippen molar-refractivity contribution in [2.45, 2.75) is 58.3 Å². The Kier molecular flexibility index (Phi) is 8.92. The first-order valence-corrected chi connectivity index (χ1v) is 8.85. The summed E-state index contributed by atoms with van der Waals surface area (Å²) in [7, 11) is 2.15. The highest BCUT2D eigenvalue weighted by Gasteiger charge is 2.23. The second-order valence-electron chi connectivity index (χ2n) is 7.66. The van der Waals surface area contributed by atoms with Crippen LogP contribution < -0.4 is 0 Å². The normalized spacial score (nSPS) is 12.8. The average Bonchev–Trinajstić information content (AvgIpc) is 2.52. The Balaban J connectivity index is 2.27. The average molecular weight is 338 g/mol. The molecule has 0 saturated heterocycles. The van der Waals surface area contributed by atoms with Crippen molar-refractivity contribution >= 4 is 0 Å². The molecule has 0 aliphatic carbocycles. The summed E-state index contributed by atoms with van der Waals surface area (Å²) >= 11 is 0. The lowest BCUT2D eigenvalue weighted by Crippen LogP contribution is -2.34. The topological polar surface area (TPSA) is 41.9 Å². The third-order valence-corrected chi connectivity index (χ3v) is 4.17. The maximum Gasteiger partial charge on any atom is 0.0705 e. The van der Waals surface area contributed by atoms with E-state index >= 15 is 0 Å². The predicted molar refractivity (Wildman–Crippen MR) is 99.2 cm³/mol. The molecule has 138 valence electrons. The highest BCUT2D eigenvalue weighted by Crippen LogP contribution is 2.20. The summed E-state index contributed by atoms with van der Waals surface area (Å²) in [5.41, 5.74) is 0.919. The zero-order valence-corrected chi connectivity index (χ0v) is 16.0. The van der Waals surface area contributed by atoms with Gasteiger partial charge in [0.15, 0.2) is 0 Å². The summed E-state index contributed by atoms with van der Waals surface area (Å²) in [5.74, 6) is 0. The summed E-state index contributed by atoms with van der Waals surface area (Å²) in [6, 6.07) is 10.5. The first-order valence-electron chi connectivity index (χ1n) is 8.85. The van der Waals surface area contributed by atoms with Crippen LogP contribution in [0, 0.1) is 0 Å². The molecule has 4 heteroatoms. The summed E-state index contributed by atoms with van der Waals surface area (Å²) in [6.45, 7) is 11.4. The number of nitrogens with zero attached hydrogens (tertiary/aromatic N) is 1. The molecular weight excluding hydrogens is 302 g/mol. The maximum atomic E-state index is 8.85. The molecule has 0 aromatic heterocycles. The maximum absolute atomic E-state index is 8.85. The van der Waals surface area contributed by atoms with E-state index in [0.29, 0.717) is 13.2 Å². The summed E-state index contributed by atoms with van der Waals surface area (Å²) in [6.07, 6.45) is 1.80. The Labute approximate surface area is 147 Å². The molecule has 0 unspecified atom stereocenters. The minimum Gasteiger partial charge on any atom is -0.394 e. The Morgan fingerprint density at radius 2 is 1.50 bits per heavy atom. The van der Waals surface area contributed by atoms with E-state index in [1.165, 1.54) is 5.56 Å². The van der Waals surface area contributed by atoms with Gasteiger partial charge in [-0.25, -0.2) is 0 Å². The second-order valence-corrected chi connectivity index (χ2v) is 7.66. The van der Waals surface area contributed by atoms with Gasteiger partial charge in [-0.05, 0) is 53.1 Å². The molecule has 1 rings (SSSR count). The van der Waals surface area contributed by atoms with Crippen LogP contribution in [-0.4, -0.2) is 54.6 Å². The van der Waals surface area contributed by atoms with Gasteiger partial charge in [0.05, 0.1) is 31.0 Å². The van der Waals surface area contributed by atoms with Crippen molar-refractivity contribution in [3.05, 3.63) is 35.9 Å². The van der Waals surface area contributed by atoms with E-state index in [1.807, 2.05) is 19.9 Å². The molecule has 0 radical (unpaired) electrons. The van der Waals surface area contributed by atoms with E-state index < -0.39 is 0 Å². The largest absolute Gasteiger partial charge is 0.394 e. The Bertz CT molecular complexity index is 445. The molecule has 0 aliphatic heterocycles. The van der Waals surface area contributed by atoms with Crippen LogP contribution in [0.2, 0.25) is 0 Å². The highest BCUT2D eigenvalue weighted by molar-refractivity contribution is 5.14. The molecule has 0 saturated carbocycles. The van der Waals surface area contributed by atoms with E-state index in [-0.39, 0.29) is 17.8 Å². The second kappa shape index (κ2) is 10.1. The van der Waals surface area contributed by atoms with Gasteiger partial charge < -0.3 is 19.5 Å². The lowest BCUT2D eigenvalue weighted by atomic mass is 10.0. The van der Waals surface area contributed by atoms with Crippen LogP contribution in [0.5, 0.6) is 0 Å². The number of aliphatic hydroxyl groups is 1. The SMILES string of the molecule is CN(CCC(C)(C)OCCC(C)(C)OCCO)Cc1ccccc1. The number of hydrogen-bond acceptors (Lipinski definition) is 4. The minimum atomic E-state index is -0.261. The van der Waals surface area contributed by atoms with Gasteiger partial charge in [0, 0.05) is 13.1 Å². The molecule has 1 aromatic carbocycles. The Morgan fingerprint density at radius 3 is 2.12 bits per heavy atom. The number of ether oxygens (including phenoxy) is 2. The van der Waals surface area contributed by atoms with E-state index in [4.69, 9.17) is 14.6 Å². The van der Waals surface area contributed by atoms with Crippen molar-refractivity contribution < 1.29 is 14.6 Å². The lowest BCUT2D eigenvalue weighted by molar-refractivity contribution is -0.0812. The fourth-order valence-electron chi connectivity index (χ4n) is 2.47. The van der Waals surface area contributed by atoms with Crippen LogP contribution in [0.4, 0.5) is 0 Å². The van der Waals surface area contributed by atoms with Crippen LogP contribution in [0.3, 0.4) is 0 Å². The number of rotatable bonds is 12. The molecule has 24 heavy (non-hydrogen) atoms. The summed E-state index contributed by atoms with van der Waals surface area (Å²) in [5, 5.41) is 8.85. The molecule has 0 aliphatic rings. The first-order chi connectivity index (χ1) is 11.2. The van der Waals surface area contributed by atoms with Crippen molar-refractivity contribution in [1.29, 1.82) is 0 Å². The fourth-order valence-corrected chi connectivity index (χ4v) is 2.47. The van der Waals surface area contributed by atoms with Crippen LogP contribution in [-0.2, 0) is 16.0 Å². The molecule has 0 atom stereocenters. The van der Waals surface area contributed by atoms with Gasteiger partial charge in [0.1, 0.15) is 0 Å². The lowest BCUT2D eigenvalue weighted by Gasteiger charge is -2.31. The predicted octanol–water partition coefficient (Wildman–Crippen LogP) is 3.48. The zero-order chi connectivity index (χ0) is 18.1. The number of aliphatic hydroxyl groups excluding tert-OH is 1. The molecule has 0 bridgehead atoms. The van der Waals surface area contributed by atoms with Gasteiger partial charge >= 0.3 is 0 Å². The van der Waals surface area contributed by atoms with Gasteiger partial charge in [0.2, 0.25) is 0 Å². The van der Waals surface area contributed by atoms with E-state index in [2.05, 4.69) is 50.1 Å². The van der Waals surface area contributed by atoms with Crippen LogP contribution in [0.15, 0.2) is 30.3 Å². The van der Waals surface area contributed by atoms with Crippen molar-refractivity contribution in [2.75, 3.05) is 33.4 Å². The minimum absolute atomic E-state index is 0.0591. The van der Waals surface area contributed by atoms with Crippen molar-refractivity contribution in [3.8, 4) is 0 Å². The van der Waals surface area contributed by atoms with Gasteiger partial charge in [-0.1, -0.05) is 30.3 Å². The third kappa shape index (κ3) is 9.38. The van der Waals surface area contributed by atoms with E-state index in [0.717, 1.165) is 25.9 Å². The van der Waals surface area contributed by atoms with Crippen molar-refractivity contribution in [3.63, 3.8) is 0 Å². The molecule has 4 nitrogen and oxygen atoms in total. The van der Waals surface area contributed by atoms with Crippen molar-refractivity contribution in [1.82, 2.24) is 4.90 Å². The zero-order valence-electron chi connectivity index (χ0n) is 16.0. The molecule has 1 aromatic rings. The van der Waals surface area contributed by atoms with Crippen LogP contribution >= 0.6 is 0 Å². The van der Waals surface area contributed by atoms with Crippen LogP contribution in [0.25, 0.3) is 0 Å². The summed E-state index contributed by atoms with van der Waals surface area (Å²) in [4.78, 5) is 2.33. The number of benzene rings is 1. The quantitative estimate of drug-likeness (QED) is 0.634. The molecule has 1 N–H and O–H groups in total. The monoisotopic (exact) mass is 337 g/mol. The van der Waals surface area contributed by atoms with Crippen LogP contribution in [0.1, 0.15) is 46.1 Å².